The van der Waals surface area contributed by atoms with Gasteiger partial charge < -0.3 is 4.74 Å². The summed E-state index contributed by atoms with van der Waals surface area (Å²) in [6.45, 7) is -0.0222. The molecule has 0 atom stereocenters. The topological polar surface area (TPSA) is 59.5 Å². The average molecular weight is 411 g/mol. The molecular formula is C21H15ClN2O3S. The lowest BCUT2D eigenvalue weighted by atomic mass is 10.2. The molecule has 1 aliphatic rings. The summed E-state index contributed by atoms with van der Waals surface area (Å²) in [6, 6.07) is 18.5. The van der Waals surface area contributed by atoms with Crippen LogP contribution in [0.2, 0.25) is 5.15 Å². The minimum Gasteiger partial charge on any atom is -0.462 e. The zero-order valence-electron chi connectivity index (χ0n) is 14.7. The van der Waals surface area contributed by atoms with E-state index in [-0.39, 0.29) is 24.1 Å². The van der Waals surface area contributed by atoms with E-state index in [9.17, 15) is 9.59 Å². The van der Waals surface area contributed by atoms with Gasteiger partial charge in [-0.25, -0.2) is 9.78 Å². The molecule has 1 aromatic heterocycles. The second kappa shape index (κ2) is 8.04. The van der Waals surface area contributed by atoms with Gasteiger partial charge in [0.2, 0.25) is 5.91 Å². The number of hydrogen-bond donors (Lipinski definition) is 0. The number of ether oxygens (including phenoxy) is 1. The molecule has 0 saturated carbocycles. The number of benzene rings is 2. The Kier molecular flexibility index (Phi) is 5.32. The van der Waals surface area contributed by atoms with Crippen molar-refractivity contribution in [2.24, 2.45) is 0 Å². The van der Waals surface area contributed by atoms with E-state index in [1.165, 1.54) is 18.3 Å². The maximum absolute atomic E-state index is 13.0. The zero-order valence-corrected chi connectivity index (χ0v) is 16.2. The van der Waals surface area contributed by atoms with Crippen molar-refractivity contribution in [2.45, 2.75) is 16.2 Å². The molecular weight excluding hydrogens is 396 g/mol. The maximum Gasteiger partial charge on any atom is 0.338 e. The highest BCUT2D eigenvalue weighted by Gasteiger charge is 2.27. The van der Waals surface area contributed by atoms with Crippen LogP contribution in [0.3, 0.4) is 0 Å². The molecule has 0 aliphatic carbocycles. The van der Waals surface area contributed by atoms with E-state index in [2.05, 4.69) is 4.98 Å². The first-order chi connectivity index (χ1) is 13.6. The molecule has 4 rings (SSSR count). The first-order valence-corrected chi connectivity index (χ1v) is 9.80. The van der Waals surface area contributed by atoms with E-state index >= 15 is 0 Å². The summed E-state index contributed by atoms with van der Waals surface area (Å²) < 4.78 is 5.24. The van der Waals surface area contributed by atoms with Crippen LogP contribution in [0.15, 0.2) is 76.7 Å². The first kappa shape index (κ1) is 18.5. The molecule has 2 heterocycles. The molecule has 0 fully saturated rings. The van der Waals surface area contributed by atoms with Gasteiger partial charge in [0.1, 0.15) is 11.8 Å². The Morgan fingerprint density at radius 1 is 1.00 bits per heavy atom. The third kappa shape index (κ3) is 3.74. The highest BCUT2D eigenvalue weighted by molar-refractivity contribution is 7.99. The minimum absolute atomic E-state index is 0.0222. The van der Waals surface area contributed by atoms with Gasteiger partial charge in [-0.15, -0.1) is 0 Å². The van der Waals surface area contributed by atoms with Crippen molar-refractivity contribution >= 4 is 46.6 Å². The number of hydrogen-bond acceptors (Lipinski definition) is 5. The molecule has 140 valence electrons. The number of rotatable bonds is 4. The fourth-order valence-electron chi connectivity index (χ4n) is 2.93. The highest BCUT2D eigenvalue weighted by atomic mass is 35.5. The van der Waals surface area contributed by atoms with E-state index in [1.54, 1.807) is 16.7 Å². The van der Waals surface area contributed by atoms with Crippen molar-refractivity contribution < 1.29 is 14.3 Å². The first-order valence-electron chi connectivity index (χ1n) is 8.61. The normalized spacial score (nSPS) is 12.1. The zero-order chi connectivity index (χ0) is 19.5. The van der Waals surface area contributed by atoms with Crippen LogP contribution in [0.1, 0.15) is 16.8 Å². The van der Waals surface area contributed by atoms with Crippen LogP contribution in [0.25, 0.3) is 0 Å². The average Bonchev–Trinajstić information content (AvgIpc) is 2.71. The standard InChI is InChI=1S/C21H15ClN2O3S/c22-19-13-14(9-11-23-19)21(26)27-12-10-20(25)24-15-5-1-3-7-17(15)28-18-8-4-2-6-16(18)24/h1-9,11,13H,10,12H2. The number of carbonyl (C=O) groups is 2. The predicted molar refractivity (Wildman–Crippen MR) is 108 cm³/mol. The number of pyridine rings is 1. The summed E-state index contributed by atoms with van der Waals surface area (Å²) in [7, 11) is 0. The van der Waals surface area contributed by atoms with E-state index < -0.39 is 5.97 Å². The van der Waals surface area contributed by atoms with Gasteiger partial charge in [0.25, 0.3) is 0 Å². The summed E-state index contributed by atoms with van der Waals surface area (Å²) in [5, 5.41) is 0.213. The monoisotopic (exact) mass is 410 g/mol. The SMILES string of the molecule is O=C(OCCC(=O)N1c2ccccc2Sc2ccccc21)c1ccnc(Cl)c1. The van der Waals surface area contributed by atoms with Crippen LogP contribution >= 0.6 is 23.4 Å². The number of anilines is 2. The van der Waals surface area contributed by atoms with E-state index in [0.29, 0.717) is 5.56 Å². The molecule has 0 bridgehead atoms. The Morgan fingerprint density at radius 3 is 2.29 bits per heavy atom. The Hall–Kier alpha value is -2.83. The lowest BCUT2D eigenvalue weighted by Crippen LogP contribution is -2.29. The van der Waals surface area contributed by atoms with Crippen molar-refractivity contribution in [3.63, 3.8) is 0 Å². The molecule has 1 aliphatic heterocycles. The van der Waals surface area contributed by atoms with Gasteiger partial charge in [0.05, 0.1) is 23.4 Å². The molecule has 2 aromatic carbocycles. The number of carbonyl (C=O) groups excluding carboxylic acids is 2. The number of nitrogens with zero attached hydrogens (tertiary/aromatic N) is 2. The largest absolute Gasteiger partial charge is 0.462 e. The molecule has 0 saturated heterocycles. The molecule has 0 radical (unpaired) electrons. The fourth-order valence-corrected chi connectivity index (χ4v) is 4.16. The second-order valence-electron chi connectivity index (χ2n) is 6.02. The molecule has 0 N–H and O–H groups in total. The number of amides is 1. The molecule has 3 aromatic rings. The summed E-state index contributed by atoms with van der Waals surface area (Å²) >= 11 is 7.42. The third-order valence-electron chi connectivity index (χ3n) is 4.19. The van der Waals surface area contributed by atoms with Gasteiger partial charge in [-0.1, -0.05) is 47.6 Å². The van der Waals surface area contributed by atoms with Gasteiger partial charge in [-0.2, -0.15) is 0 Å². The maximum atomic E-state index is 13.0. The van der Waals surface area contributed by atoms with Crippen LogP contribution in [0, 0.1) is 0 Å². The fraction of sp³-hybridized carbons (Fsp3) is 0.0952. The molecule has 7 heteroatoms. The van der Waals surface area contributed by atoms with E-state index in [1.807, 2.05) is 48.5 Å². The third-order valence-corrected chi connectivity index (χ3v) is 5.53. The van der Waals surface area contributed by atoms with Gasteiger partial charge in [-0.05, 0) is 36.4 Å². The van der Waals surface area contributed by atoms with Gasteiger partial charge in [-0.3, -0.25) is 9.69 Å². The number of esters is 1. The number of para-hydroxylation sites is 2. The van der Waals surface area contributed by atoms with Crippen molar-refractivity contribution in [2.75, 3.05) is 11.5 Å². The van der Waals surface area contributed by atoms with Crippen LogP contribution in [0.5, 0.6) is 0 Å². The highest BCUT2D eigenvalue weighted by Crippen LogP contribution is 2.48. The van der Waals surface area contributed by atoms with E-state index in [4.69, 9.17) is 16.3 Å². The van der Waals surface area contributed by atoms with Crippen molar-refractivity contribution in [1.29, 1.82) is 0 Å². The van der Waals surface area contributed by atoms with Crippen molar-refractivity contribution in [1.82, 2.24) is 4.98 Å². The lowest BCUT2D eigenvalue weighted by Gasteiger charge is -2.31. The molecule has 0 unspecified atom stereocenters. The summed E-state index contributed by atoms with van der Waals surface area (Å²) in [4.78, 5) is 32.7. The summed E-state index contributed by atoms with van der Waals surface area (Å²) in [5.74, 6) is -0.673. The van der Waals surface area contributed by atoms with Gasteiger partial charge in [0, 0.05) is 16.0 Å². The van der Waals surface area contributed by atoms with Crippen molar-refractivity contribution in [3.05, 3.63) is 77.6 Å². The van der Waals surface area contributed by atoms with Crippen LogP contribution in [-0.2, 0) is 9.53 Å². The van der Waals surface area contributed by atoms with Crippen LogP contribution in [-0.4, -0.2) is 23.5 Å². The molecule has 5 nitrogen and oxygen atoms in total. The van der Waals surface area contributed by atoms with E-state index in [0.717, 1.165) is 21.2 Å². The van der Waals surface area contributed by atoms with Gasteiger partial charge >= 0.3 is 5.97 Å². The Balaban J connectivity index is 1.49. The number of fused-ring (bicyclic) bond motifs is 2. The molecule has 1 amide bonds. The Bertz CT molecular complexity index is 1010. The number of halogens is 1. The smallest absolute Gasteiger partial charge is 0.338 e. The van der Waals surface area contributed by atoms with Crippen molar-refractivity contribution in [3.8, 4) is 0 Å². The Morgan fingerprint density at radius 2 is 1.64 bits per heavy atom. The quantitative estimate of drug-likeness (QED) is 0.441. The van der Waals surface area contributed by atoms with Crippen LogP contribution < -0.4 is 4.90 Å². The second-order valence-corrected chi connectivity index (χ2v) is 7.49. The lowest BCUT2D eigenvalue weighted by molar-refractivity contribution is -0.118. The molecule has 0 spiro atoms. The summed E-state index contributed by atoms with van der Waals surface area (Å²) in [6.07, 6.45) is 1.50. The Labute approximate surface area is 171 Å². The summed E-state index contributed by atoms with van der Waals surface area (Å²) in [5.41, 5.74) is 1.98. The number of aromatic nitrogens is 1. The predicted octanol–water partition coefficient (Wildman–Crippen LogP) is 5.11. The minimum atomic E-state index is -0.535. The van der Waals surface area contributed by atoms with Crippen LogP contribution in [0.4, 0.5) is 11.4 Å². The van der Waals surface area contributed by atoms with Gasteiger partial charge in [0.15, 0.2) is 0 Å². The molecule has 28 heavy (non-hydrogen) atoms.